The number of hydrogen-bond acceptors (Lipinski definition) is 2. The fourth-order valence-electron chi connectivity index (χ4n) is 3.02. The molecule has 1 aliphatic heterocycles. The Morgan fingerprint density at radius 3 is 2.63 bits per heavy atom. The molecule has 0 saturated carbocycles. The maximum absolute atomic E-state index is 3.80. The van der Waals surface area contributed by atoms with Crippen molar-refractivity contribution in [2.24, 2.45) is 0 Å². The third kappa shape index (κ3) is 4.05. The van der Waals surface area contributed by atoms with Gasteiger partial charge in [0.25, 0.3) is 0 Å². The highest BCUT2D eigenvalue weighted by Gasteiger charge is 2.24. The predicted octanol–water partition coefficient (Wildman–Crippen LogP) is 3.00. The van der Waals surface area contributed by atoms with Gasteiger partial charge in [0.2, 0.25) is 0 Å². The standard InChI is InChI=1S/C17H28N2/c1-13(2)19-10-9-17(12-19)18-15(4)11-16-8-6-5-7-14(16)3/h5-8,13,15,17-18H,9-12H2,1-4H3. The van der Waals surface area contributed by atoms with Crippen LogP contribution in [0.1, 0.15) is 38.3 Å². The van der Waals surface area contributed by atoms with Crippen LogP contribution in [0, 0.1) is 6.92 Å². The molecule has 106 valence electrons. The van der Waals surface area contributed by atoms with Crippen molar-refractivity contribution >= 4 is 0 Å². The largest absolute Gasteiger partial charge is 0.310 e. The summed E-state index contributed by atoms with van der Waals surface area (Å²) in [6.45, 7) is 11.5. The average molecular weight is 260 g/mol. The van der Waals surface area contributed by atoms with E-state index in [9.17, 15) is 0 Å². The number of benzene rings is 1. The molecule has 0 bridgehead atoms. The average Bonchev–Trinajstić information content (AvgIpc) is 2.80. The van der Waals surface area contributed by atoms with E-state index in [0.717, 1.165) is 6.42 Å². The molecular weight excluding hydrogens is 232 g/mol. The van der Waals surface area contributed by atoms with Gasteiger partial charge in [0, 0.05) is 24.7 Å². The van der Waals surface area contributed by atoms with Crippen molar-refractivity contribution in [2.75, 3.05) is 13.1 Å². The predicted molar refractivity (Wildman–Crippen MR) is 82.6 cm³/mol. The van der Waals surface area contributed by atoms with Crippen molar-refractivity contribution in [2.45, 2.75) is 58.7 Å². The summed E-state index contributed by atoms with van der Waals surface area (Å²) in [6.07, 6.45) is 2.42. The molecule has 0 amide bonds. The Balaban J connectivity index is 1.82. The van der Waals surface area contributed by atoms with E-state index in [1.54, 1.807) is 0 Å². The van der Waals surface area contributed by atoms with Crippen LogP contribution >= 0.6 is 0 Å². The van der Waals surface area contributed by atoms with Crippen LogP contribution in [-0.4, -0.2) is 36.1 Å². The molecule has 1 heterocycles. The maximum atomic E-state index is 3.80. The fourth-order valence-corrected chi connectivity index (χ4v) is 3.02. The van der Waals surface area contributed by atoms with E-state index >= 15 is 0 Å². The molecular formula is C17H28N2. The van der Waals surface area contributed by atoms with Crippen LogP contribution in [-0.2, 0) is 6.42 Å². The lowest BCUT2D eigenvalue weighted by molar-refractivity contribution is 0.266. The molecule has 19 heavy (non-hydrogen) atoms. The molecule has 1 aromatic carbocycles. The minimum atomic E-state index is 0.554. The second-order valence-electron chi connectivity index (χ2n) is 6.27. The molecule has 0 aliphatic carbocycles. The van der Waals surface area contributed by atoms with Crippen LogP contribution in [0.3, 0.4) is 0 Å². The molecule has 2 unspecified atom stereocenters. The van der Waals surface area contributed by atoms with E-state index in [0.29, 0.717) is 18.1 Å². The third-order valence-corrected chi connectivity index (χ3v) is 4.26. The van der Waals surface area contributed by atoms with Gasteiger partial charge in [0.05, 0.1) is 0 Å². The highest BCUT2D eigenvalue weighted by Crippen LogP contribution is 2.15. The summed E-state index contributed by atoms with van der Waals surface area (Å²) in [7, 11) is 0. The second kappa shape index (κ2) is 6.53. The summed E-state index contributed by atoms with van der Waals surface area (Å²) < 4.78 is 0. The highest BCUT2D eigenvalue weighted by molar-refractivity contribution is 5.26. The number of nitrogens with one attached hydrogen (secondary N) is 1. The number of aryl methyl sites for hydroxylation is 1. The van der Waals surface area contributed by atoms with Crippen molar-refractivity contribution < 1.29 is 0 Å². The van der Waals surface area contributed by atoms with E-state index in [2.05, 4.69) is 62.2 Å². The van der Waals surface area contributed by atoms with Gasteiger partial charge in [0.15, 0.2) is 0 Å². The quantitative estimate of drug-likeness (QED) is 0.875. The van der Waals surface area contributed by atoms with Gasteiger partial charge in [-0.1, -0.05) is 24.3 Å². The summed E-state index contributed by atoms with van der Waals surface area (Å²) >= 11 is 0. The van der Waals surface area contributed by atoms with Crippen molar-refractivity contribution in [1.82, 2.24) is 10.2 Å². The summed E-state index contributed by atoms with van der Waals surface area (Å²) in [4.78, 5) is 2.57. The number of rotatable bonds is 5. The Kier molecular flexibility index (Phi) is 5.00. The maximum Gasteiger partial charge on any atom is 0.0209 e. The minimum absolute atomic E-state index is 0.554. The summed E-state index contributed by atoms with van der Waals surface area (Å²) in [5.41, 5.74) is 2.88. The smallest absolute Gasteiger partial charge is 0.0209 e. The molecule has 1 aliphatic rings. The summed E-state index contributed by atoms with van der Waals surface area (Å²) in [5, 5.41) is 3.80. The molecule has 1 N–H and O–H groups in total. The van der Waals surface area contributed by atoms with Crippen molar-refractivity contribution in [3.63, 3.8) is 0 Å². The number of likely N-dealkylation sites (tertiary alicyclic amines) is 1. The molecule has 2 nitrogen and oxygen atoms in total. The van der Waals surface area contributed by atoms with Crippen molar-refractivity contribution in [3.05, 3.63) is 35.4 Å². The first-order valence-electron chi connectivity index (χ1n) is 7.61. The molecule has 1 saturated heterocycles. The summed E-state index contributed by atoms with van der Waals surface area (Å²) in [5.74, 6) is 0. The van der Waals surface area contributed by atoms with E-state index in [1.807, 2.05) is 0 Å². The summed E-state index contributed by atoms with van der Waals surface area (Å²) in [6, 6.07) is 10.6. The van der Waals surface area contributed by atoms with E-state index in [4.69, 9.17) is 0 Å². The zero-order valence-electron chi connectivity index (χ0n) is 12.8. The van der Waals surface area contributed by atoms with Crippen LogP contribution in [0.5, 0.6) is 0 Å². The molecule has 2 rings (SSSR count). The first-order chi connectivity index (χ1) is 9.06. The Hall–Kier alpha value is -0.860. The monoisotopic (exact) mass is 260 g/mol. The Morgan fingerprint density at radius 1 is 1.26 bits per heavy atom. The topological polar surface area (TPSA) is 15.3 Å². The first-order valence-corrected chi connectivity index (χ1v) is 7.61. The lowest BCUT2D eigenvalue weighted by Crippen LogP contribution is -2.40. The van der Waals surface area contributed by atoms with Gasteiger partial charge >= 0.3 is 0 Å². The van der Waals surface area contributed by atoms with Crippen molar-refractivity contribution in [3.8, 4) is 0 Å². The van der Waals surface area contributed by atoms with Crippen LogP contribution < -0.4 is 5.32 Å². The second-order valence-corrected chi connectivity index (χ2v) is 6.27. The normalized spacial score (nSPS) is 22.1. The van der Waals surface area contributed by atoms with Gasteiger partial charge in [-0.15, -0.1) is 0 Å². The van der Waals surface area contributed by atoms with Crippen LogP contribution in [0.25, 0.3) is 0 Å². The molecule has 1 aromatic rings. The van der Waals surface area contributed by atoms with Gasteiger partial charge in [-0.25, -0.2) is 0 Å². The zero-order valence-corrected chi connectivity index (χ0v) is 12.8. The first kappa shape index (κ1) is 14.5. The van der Waals surface area contributed by atoms with Gasteiger partial charge < -0.3 is 5.32 Å². The molecule has 1 fully saturated rings. The van der Waals surface area contributed by atoms with Crippen LogP contribution in [0.2, 0.25) is 0 Å². The van der Waals surface area contributed by atoms with E-state index < -0.39 is 0 Å². The van der Waals surface area contributed by atoms with Gasteiger partial charge in [-0.2, -0.15) is 0 Å². The lowest BCUT2D eigenvalue weighted by atomic mass is 10.0. The number of hydrogen-bond donors (Lipinski definition) is 1. The fraction of sp³-hybridized carbons (Fsp3) is 0.647. The van der Waals surface area contributed by atoms with E-state index in [-0.39, 0.29) is 0 Å². The SMILES string of the molecule is Cc1ccccc1CC(C)NC1CCN(C(C)C)C1. The molecule has 0 radical (unpaired) electrons. The molecule has 2 atom stereocenters. The van der Waals surface area contributed by atoms with Gasteiger partial charge in [0.1, 0.15) is 0 Å². The Morgan fingerprint density at radius 2 is 2.00 bits per heavy atom. The molecule has 2 heteroatoms. The third-order valence-electron chi connectivity index (χ3n) is 4.26. The molecule has 0 spiro atoms. The van der Waals surface area contributed by atoms with Gasteiger partial charge in [-0.05, 0) is 58.2 Å². The highest BCUT2D eigenvalue weighted by atomic mass is 15.2. The van der Waals surface area contributed by atoms with Gasteiger partial charge in [-0.3, -0.25) is 4.90 Å². The lowest BCUT2D eigenvalue weighted by Gasteiger charge is -2.23. The van der Waals surface area contributed by atoms with E-state index in [1.165, 1.54) is 30.6 Å². The minimum Gasteiger partial charge on any atom is -0.310 e. The Labute approximate surface area is 118 Å². The van der Waals surface area contributed by atoms with Crippen LogP contribution in [0.4, 0.5) is 0 Å². The molecule has 0 aromatic heterocycles. The zero-order chi connectivity index (χ0) is 13.8. The number of nitrogens with zero attached hydrogens (tertiary/aromatic N) is 1. The van der Waals surface area contributed by atoms with Crippen LogP contribution in [0.15, 0.2) is 24.3 Å². The van der Waals surface area contributed by atoms with Crippen molar-refractivity contribution in [1.29, 1.82) is 0 Å². The Bertz CT molecular complexity index is 400.